The molecular formula is C14H20N2O5S. The minimum absolute atomic E-state index is 0.0837. The van der Waals surface area contributed by atoms with Gasteiger partial charge in [-0.05, 0) is 31.7 Å². The molecule has 1 N–H and O–H groups in total. The second kappa shape index (κ2) is 6.02. The number of carbonyl (C=O) groups excluding carboxylic acids is 1. The summed E-state index contributed by atoms with van der Waals surface area (Å²) in [6.07, 6.45) is 3.37. The molecule has 0 spiro atoms. The van der Waals surface area contributed by atoms with Crippen LogP contribution in [0.25, 0.3) is 0 Å². The van der Waals surface area contributed by atoms with Crippen LogP contribution >= 0.6 is 0 Å². The Morgan fingerprint density at radius 1 is 1.41 bits per heavy atom. The van der Waals surface area contributed by atoms with E-state index in [1.807, 2.05) is 6.92 Å². The first-order valence-corrected chi connectivity index (χ1v) is 8.90. The molecule has 2 fully saturated rings. The first-order chi connectivity index (χ1) is 10.5. The van der Waals surface area contributed by atoms with Crippen LogP contribution in [0.5, 0.6) is 0 Å². The number of hydrogen-bond donors (Lipinski definition) is 1. The average molecular weight is 328 g/mol. The van der Waals surface area contributed by atoms with Crippen molar-refractivity contribution in [1.82, 2.24) is 9.29 Å². The first kappa shape index (κ1) is 15.5. The van der Waals surface area contributed by atoms with Gasteiger partial charge in [-0.25, -0.2) is 13.2 Å². The van der Waals surface area contributed by atoms with Gasteiger partial charge in [0.2, 0.25) is 10.0 Å². The van der Waals surface area contributed by atoms with Crippen molar-refractivity contribution in [1.29, 1.82) is 0 Å². The maximum Gasteiger partial charge on any atom is 0.355 e. The predicted molar refractivity (Wildman–Crippen MR) is 78.0 cm³/mol. The molecule has 1 aliphatic heterocycles. The number of ether oxygens (including phenoxy) is 2. The summed E-state index contributed by atoms with van der Waals surface area (Å²) in [4.78, 5) is 14.8. The van der Waals surface area contributed by atoms with Gasteiger partial charge in [0.1, 0.15) is 16.7 Å². The number of aromatic nitrogens is 1. The van der Waals surface area contributed by atoms with Gasteiger partial charge in [-0.3, -0.25) is 0 Å². The molecule has 0 unspecified atom stereocenters. The van der Waals surface area contributed by atoms with Crippen LogP contribution in [0.15, 0.2) is 17.2 Å². The van der Waals surface area contributed by atoms with E-state index in [2.05, 4.69) is 4.98 Å². The Hall–Kier alpha value is -1.38. The molecule has 0 radical (unpaired) electrons. The van der Waals surface area contributed by atoms with Gasteiger partial charge in [0.15, 0.2) is 0 Å². The number of rotatable bonds is 5. The van der Waals surface area contributed by atoms with E-state index in [0.29, 0.717) is 32.2 Å². The Balaban J connectivity index is 1.70. The van der Waals surface area contributed by atoms with E-state index in [4.69, 9.17) is 9.47 Å². The molecule has 1 saturated carbocycles. The first-order valence-electron chi connectivity index (χ1n) is 7.46. The third kappa shape index (κ3) is 3.18. The zero-order chi connectivity index (χ0) is 15.7. The highest BCUT2D eigenvalue weighted by atomic mass is 32.2. The van der Waals surface area contributed by atoms with E-state index in [1.54, 1.807) is 0 Å². The number of esters is 1. The molecule has 1 aromatic rings. The molecule has 8 heteroatoms. The molecule has 0 bridgehead atoms. The average Bonchev–Trinajstić information content (AvgIpc) is 3.24. The summed E-state index contributed by atoms with van der Waals surface area (Å²) >= 11 is 0. The van der Waals surface area contributed by atoms with E-state index in [9.17, 15) is 13.2 Å². The van der Waals surface area contributed by atoms with Crippen molar-refractivity contribution in [2.75, 3.05) is 26.3 Å². The molecule has 2 heterocycles. The fourth-order valence-electron chi connectivity index (χ4n) is 2.47. The molecule has 0 aromatic carbocycles. The van der Waals surface area contributed by atoms with Gasteiger partial charge in [0.25, 0.3) is 0 Å². The second-order valence-corrected chi connectivity index (χ2v) is 7.65. The molecular weight excluding hydrogens is 308 g/mol. The number of aromatic amines is 1. The monoisotopic (exact) mass is 328 g/mol. The molecule has 3 rings (SSSR count). The summed E-state index contributed by atoms with van der Waals surface area (Å²) in [7, 11) is -3.59. The maximum atomic E-state index is 12.5. The van der Waals surface area contributed by atoms with Crippen LogP contribution in [-0.2, 0) is 19.5 Å². The van der Waals surface area contributed by atoms with Crippen molar-refractivity contribution in [3.05, 3.63) is 18.0 Å². The van der Waals surface area contributed by atoms with Crippen LogP contribution in [0.3, 0.4) is 0 Å². The minimum Gasteiger partial charge on any atom is -0.458 e. The molecule has 0 amide bonds. The number of hydrogen-bond acceptors (Lipinski definition) is 5. The zero-order valence-electron chi connectivity index (χ0n) is 12.4. The Bertz CT molecular complexity index is 644. The van der Waals surface area contributed by atoms with E-state index >= 15 is 0 Å². The van der Waals surface area contributed by atoms with Crippen LogP contribution in [0.2, 0.25) is 0 Å². The van der Waals surface area contributed by atoms with Gasteiger partial charge in [-0.1, -0.05) is 0 Å². The highest BCUT2D eigenvalue weighted by Gasteiger charge is 2.32. The van der Waals surface area contributed by atoms with E-state index in [1.165, 1.54) is 16.6 Å². The predicted octanol–water partition coefficient (Wildman–Crippen LogP) is 0.991. The number of carbonyl (C=O) groups is 1. The molecule has 1 aliphatic carbocycles. The smallest absolute Gasteiger partial charge is 0.355 e. The number of sulfonamides is 1. The minimum atomic E-state index is -3.59. The van der Waals surface area contributed by atoms with E-state index in [-0.39, 0.29) is 16.7 Å². The van der Waals surface area contributed by atoms with Gasteiger partial charge in [-0.15, -0.1) is 0 Å². The lowest BCUT2D eigenvalue weighted by Gasteiger charge is -2.25. The summed E-state index contributed by atoms with van der Waals surface area (Å²) < 4.78 is 36.8. The molecule has 2 aliphatic rings. The van der Waals surface area contributed by atoms with Crippen LogP contribution in [0.1, 0.15) is 30.3 Å². The maximum absolute atomic E-state index is 12.5. The van der Waals surface area contributed by atoms with E-state index < -0.39 is 16.0 Å². The van der Waals surface area contributed by atoms with Gasteiger partial charge in [0, 0.05) is 19.3 Å². The number of nitrogens with one attached hydrogen (secondary N) is 1. The zero-order valence-corrected chi connectivity index (χ0v) is 13.3. The van der Waals surface area contributed by atoms with Crippen molar-refractivity contribution < 1.29 is 22.7 Å². The third-order valence-corrected chi connectivity index (χ3v) is 5.94. The highest BCUT2D eigenvalue weighted by molar-refractivity contribution is 7.89. The lowest BCUT2D eigenvalue weighted by atomic mass is 10.3. The quantitative estimate of drug-likeness (QED) is 0.814. The van der Waals surface area contributed by atoms with Crippen LogP contribution in [0, 0.1) is 5.92 Å². The summed E-state index contributed by atoms with van der Waals surface area (Å²) in [5, 5.41) is 0. The van der Waals surface area contributed by atoms with Crippen LogP contribution in [-0.4, -0.2) is 56.1 Å². The van der Waals surface area contributed by atoms with Crippen LogP contribution in [0.4, 0.5) is 0 Å². The van der Waals surface area contributed by atoms with Gasteiger partial charge in [-0.2, -0.15) is 4.31 Å². The van der Waals surface area contributed by atoms with Crippen molar-refractivity contribution >= 4 is 16.0 Å². The Morgan fingerprint density at radius 3 is 2.73 bits per heavy atom. The molecule has 22 heavy (non-hydrogen) atoms. The summed E-state index contributed by atoms with van der Waals surface area (Å²) in [5.74, 6) is -0.0710. The molecule has 7 nitrogen and oxygen atoms in total. The highest BCUT2D eigenvalue weighted by Crippen LogP contribution is 2.34. The Kier molecular flexibility index (Phi) is 4.24. The van der Waals surface area contributed by atoms with Gasteiger partial charge in [0.05, 0.1) is 13.2 Å². The lowest BCUT2D eigenvalue weighted by Crippen LogP contribution is -2.40. The number of morpholine rings is 1. The summed E-state index contributed by atoms with van der Waals surface area (Å²) in [5.41, 5.74) is 0.166. The standard InChI is InChI=1S/C14H20N2O5S/c1-10(11-2-3-11)21-14(17)13-8-12(9-15-13)22(18,19)16-4-6-20-7-5-16/h8-11,15H,2-7H2,1H3/t10-/m0/s1. The van der Waals surface area contributed by atoms with E-state index in [0.717, 1.165) is 12.8 Å². The third-order valence-electron chi connectivity index (χ3n) is 4.06. The molecule has 1 saturated heterocycles. The van der Waals surface area contributed by atoms with Crippen LogP contribution < -0.4 is 0 Å². The van der Waals surface area contributed by atoms with Gasteiger partial charge < -0.3 is 14.5 Å². The van der Waals surface area contributed by atoms with Crippen molar-refractivity contribution in [2.45, 2.75) is 30.8 Å². The van der Waals surface area contributed by atoms with Gasteiger partial charge >= 0.3 is 5.97 Å². The molecule has 122 valence electrons. The fourth-order valence-corrected chi connectivity index (χ4v) is 3.87. The normalized spacial score (nSPS) is 21.5. The largest absolute Gasteiger partial charge is 0.458 e. The SMILES string of the molecule is C[C@H](OC(=O)c1cc(S(=O)(=O)N2CCOCC2)c[nH]1)C1CC1. The molecule has 1 aromatic heterocycles. The topological polar surface area (TPSA) is 88.7 Å². The lowest BCUT2D eigenvalue weighted by molar-refractivity contribution is 0.0288. The van der Waals surface area contributed by atoms with Crippen molar-refractivity contribution in [3.63, 3.8) is 0 Å². The van der Waals surface area contributed by atoms with Crippen molar-refractivity contribution in [2.24, 2.45) is 5.92 Å². The second-order valence-electron chi connectivity index (χ2n) is 5.71. The number of nitrogens with zero attached hydrogens (tertiary/aromatic N) is 1. The summed E-state index contributed by atoms with van der Waals surface area (Å²) in [6.45, 7) is 3.29. The Morgan fingerprint density at radius 2 is 2.09 bits per heavy atom. The molecule has 1 atom stereocenters. The summed E-state index contributed by atoms with van der Waals surface area (Å²) in [6, 6.07) is 1.34. The number of H-pyrrole nitrogens is 1. The Labute approximate surface area is 129 Å². The van der Waals surface area contributed by atoms with Crippen molar-refractivity contribution in [3.8, 4) is 0 Å². The fraction of sp³-hybridized carbons (Fsp3) is 0.643.